The van der Waals surface area contributed by atoms with E-state index in [1.54, 1.807) is 23.5 Å². The number of rotatable bonds is 2. The molecule has 4 nitrogen and oxygen atoms in total. The van der Waals surface area contributed by atoms with Crippen LogP contribution in [0.4, 0.5) is 0 Å². The SMILES string of the molecule is Cc1cccc2c1CCN1[C@H]2[C@@H](c2cccs2)C(=O)N1C(=O)c1ccccc1. The molecule has 3 heterocycles. The number of imide groups is 1. The number of hydrogen-bond donors (Lipinski definition) is 0. The van der Waals surface area contributed by atoms with E-state index in [-0.39, 0.29) is 23.8 Å². The summed E-state index contributed by atoms with van der Waals surface area (Å²) >= 11 is 1.58. The maximum absolute atomic E-state index is 13.5. The summed E-state index contributed by atoms with van der Waals surface area (Å²) in [6.07, 6.45) is 0.835. The normalized spacial score (nSPS) is 21.5. The van der Waals surface area contributed by atoms with Crippen LogP contribution in [0.2, 0.25) is 0 Å². The Kier molecular flexibility index (Phi) is 4.14. The van der Waals surface area contributed by atoms with Crippen LogP contribution in [-0.4, -0.2) is 28.4 Å². The molecule has 3 aromatic rings. The average Bonchev–Trinajstić information content (AvgIpc) is 3.34. The highest BCUT2D eigenvalue weighted by Gasteiger charge is 2.52. The van der Waals surface area contributed by atoms with Gasteiger partial charge in [-0.2, -0.15) is 0 Å². The Hall–Kier alpha value is -2.76. The first kappa shape index (κ1) is 17.3. The quantitative estimate of drug-likeness (QED) is 0.613. The molecule has 1 saturated heterocycles. The monoisotopic (exact) mass is 388 g/mol. The van der Waals surface area contributed by atoms with E-state index in [1.165, 1.54) is 21.7 Å². The Labute approximate surface area is 168 Å². The zero-order valence-corrected chi connectivity index (χ0v) is 16.4. The van der Waals surface area contributed by atoms with Gasteiger partial charge in [0, 0.05) is 17.0 Å². The number of benzene rings is 2. The topological polar surface area (TPSA) is 40.6 Å². The summed E-state index contributed by atoms with van der Waals surface area (Å²) in [6.45, 7) is 2.78. The lowest BCUT2D eigenvalue weighted by Crippen LogP contribution is -2.46. The standard InChI is InChI=1S/C23H20N2O2S/c1-15-7-5-10-18-17(15)12-13-24-21(18)20(19-11-6-14-28-19)23(27)25(24)22(26)16-8-3-2-4-9-16/h2-11,14,20-21H,12-13H2,1H3/t20-,21-/m1/s1. The fraction of sp³-hybridized carbons (Fsp3) is 0.217. The molecule has 140 valence electrons. The maximum Gasteiger partial charge on any atom is 0.275 e. The number of aryl methyl sites for hydroxylation is 1. The molecule has 0 N–H and O–H groups in total. The van der Waals surface area contributed by atoms with Crippen molar-refractivity contribution in [2.24, 2.45) is 0 Å². The number of hydrazine groups is 1. The molecular formula is C23H20N2O2S. The third-order valence-electron chi connectivity index (χ3n) is 5.79. The fourth-order valence-corrected chi connectivity index (χ4v) is 5.35. The summed E-state index contributed by atoms with van der Waals surface area (Å²) in [5.74, 6) is -0.727. The van der Waals surface area contributed by atoms with Gasteiger partial charge >= 0.3 is 0 Å². The second kappa shape index (κ2) is 6.69. The number of carbonyl (C=O) groups excluding carboxylic acids is 2. The van der Waals surface area contributed by atoms with Crippen molar-refractivity contribution in [1.29, 1.82) is 0 Å². The molecule has 5 heteroatoms. The molecule has 2 atom stereocenters. The lowest BCUT2D eigenvalue weighted by atomic mass is 9.84. The van der Waals surface area contributed by atoms with E-state index in [2.05, 4.69) is 25.1 Å². The zero-order chi connectivity index (χ0) is 19.3. The Morgan fingerprint density at radius 1 is 1.04 bits per heavy atom. The lowest BCUT2D eigenvalue weighted by molar-refractivity contribution is -0.134. The highest BCUT2D eigenvalue weighted by molar-refractivity contribution is 7.10. The predicted molar refractivity (Wildman–Crippen MR) is 109 cm³/mol. The van der Waals surface area contributed by atoms with Crippen molar-refractivity contribution in [3.8, 4) is 0 Å². The van der Waals surface area contributed by atoms with E-state index < -0.39 is 0 Å². The van der Waals surface area contributed by atoms with Gasteiger partial charge in [-0.3, -0.25) is 9.59 Å². The smallest absolute Gasteiger partial charge is 0.272 e. The number of hydrogen-bond acceptors (Lipinski definition) is 4. The molecular weight excluding hydrogens is 368 g/mol. The number of amides is 2. The molecule has 2 amide bonds. The molecule has 0 radical (unpaired) electrons. The van der Waals surface area contributed by atoms with Crippen LogP contribution in [0.25, 0.3) is 0 Å². The van der Waals surface area contributed by atoms with Crippen molar-refractivity contribution in [1.82, 2.24) is 10.0 Å². The molecule has 1 aromatic heterocycles. The van der Waals surface area contributed by atoms with Gasteiger partial charge < -0.3 is 0 Å². The van der Waals surface area contributed by atoms with Crippen LogP contribution in [0.3, 0.4) is 0 Å². The van der Waals surface area contributed by atoms with Gasteiger partial charge in [-0.05, 0) is 53.6 Å². The van der Waals surface area contributed by atoms with E-state index in [9.17, 15) is 9.59 Å². The first-order valence-electron chi connectivity index (χ1n) is 9.48. The van der Waals surface area contributed by atoms with Gasteiger partial charge in [-0.1, -0.05) is 42.5 Å². The van der Waals surface area contributed by atoms with Gasteiger partial charge in [0.1, 0.15) is 0 Å². The molecule has 0 unspecified atom stereocenters. The molecule has 2 aliphatic rings. The Morgan fingerprint density at radius 2 is 1.86 bits per heavy atom. The van der Waals surface area contributed by atoms with Gasteiger partial charge in [0.25, 0.3) is 11.8 Å². The summed E-state index contributed by atoms with van der Waals surface area (Å²) in [7, 11) is 0. The van der Waals surface area contributed by atoms with Gasteiger partial charge in [0.15, 0.2) is 0 Å². The number of nitrogens with zero attached hydrogens (tertiary/aromatic N) is 2. The minimum Gasteiger partial charge on any atom is -0.272 e. The van der Waals surface area contributed by atoms with E-state index in [0.29, 0.717) is 12.1 Å². The second-order valence-corrected chi connectivity index (χ2v) is 8.29. The van der Waals surface area contributed by atoms with Crippen molar-refractivity contribution in [2.75, 3.05) is 6.54 Å². The molecule has 2 aromatic carbocycles. The fourth-order valence-electron chi connectivity index (χ4n) is 4.50. The van der Waals surface area contributed by atoms with Crippen LogP contribution in [0.5, 0.6) is 0 Å². The third-order valence-corrected chi connectivity index (χ3v) is 6.74. The Bertz CT molecular complexity index is 1050. The van der Waals surface area contributed by atoms with Crippen molar-refractivity contribution in [3.05, 3.63) is 93.2 Å². The van der Waals surface area contributed by atoms with Crippen molar-refractivity contribution < 1.29 is 9.59 Å². The van der Waals surface area contributed by atoms with Crippen LogP contribution in [0.1, 0.15) is 43.9 Å². The molecule has 2 aliphatic heterocycles. The minimum atomic E-state index is -0.353. The van der Waals surface area contributed by atoms with Crippen LogP contribution in [0.15, 0.2) is 66.0 Å². The Morgan fingerprint density at radius 3 is 2.61 bits per heavy atom. The zero-order valence-electron chi connectivity index (χ0n) is 15.5. The predicted octanol–water partition coefficient (Wildman–Crippen LogP) is 4.34. The summed E-state index contributed by atoms with van der Waals surface area (Å²) in [4.78, 5) is 27.8. The van der Waals surface area contributed by atoms with Crippen LogP contribution < -0.4 is 0 Å². The summed E-state index contributed by atoms with van der Waals surface area (Å²) in [6, 6.07) is 19.2. The molecule has 0 saturated carbocycles. The van der Waals surface area contributed by atoms with E-state index in [4.69, 9.17) is 0 Å². The number of fused-ring (bicyclic) bond motifs is 3. The number of carbonyl (C=O) groups is 2. The minimum absolute atomic E-state index is 0.129. The second-order valence-electron chi connectivity index (χ2n) is 7.31. The van der Waals surface area contributed by atoms with E-state index in [1.807, 2.05) is 40.7 Å². The molecule has 5 rings (SSSR count). The lowest BCUT2D eigenvalue weighted by Gasteiger charge is -2.36. The van der Waals surface area contributed by atoms with Crippen LogP contribution in [0, 0.1) is 6.92 Å². The van der Waals surface area contributed by atoms with Gasteiger partial charge in [0.05, 0.1) is 12.0 Å². The summed E-state index contributed by atoms with van der Waals surface area (Å²) in [5.41, 5.74) is 4.27. The molecule has 0 spiro atoms. The maximum atomic E-state index is 13.5. The highest BCUT2D eigenvalue weighted by Crippen LogP contribution is 2.49. The largest absolute Gasteiger partial charge is 0.275 e. The van der Waals surface area contributed by atoms with Crippen molar-refractivity contribution >= 4 is 23.2 Å². The van der Waals surface area contributed by atoms with Crippen molar-refractivity contribution in [2.45, 2.75) is 25.3 Å². The first-order valence-corrected chi connectivity index (χ1v) is 10.4. The third kappa shape index (κ3) is 2.54. The Balaban J connectivity index is 1.65. The van der Waals surface area contributed by atoms with E-state index >= 15 is 0 Å². The molecule has 0 bridgehead atoms. The summed E-state index contributed by atoms with van der Waals surface area (Å²) < 4.78 is 0. The highest BCUT2D eigenvalue weighted by atomic mass is 32.1. The first-order chi connectivity index (χ1) is 13.7. The molecule has 0 aliphatic carbocycles. The number of thiophene rings is 1. The molecule has 28 heavy (non-hydrogen) atoms. The van der Waals surface area contributed by atoms with Crippen molar-refractivity contribution in [3.63, 3.8) is 0 Å². The van der Waals surface area contributed by atoms with Gasteiger partial charge in [-0.25, -0.2) is 10.0 Å². The van der Waals surface area contributed by atoms with Gasteiger partial charge in [-0.15, -0.1) is 11.3 Å². The summed E-state index contributed by atoms with van der Waals surface area (Å²) in [5, 5.41) is 5.38. The average molecular weight is 388 g/mol. The van der Waals surface area contributed by atoms with E-state index in [0.717, 1.165) is 11.3 Å². The molecule has 1 fully saturated rings. The van der Waals surface area contributed by atoms with Crippen LogP contribution >= 0.6 is 11.3 Å². The van der Waals surface area contributed by atoms with Gasteiger partial charge in [0.2, 0.25) is 0 Å². The van der Waals surface area contributed by atoms with Crippen LogP contribution in [-0.2, 0) is 11.2 Å².